The molecule has 5 rings (SSSR count). The maximum atomic E-state index is 14.2. The minimum Gasteiger partial charge on any atom is -0.495 e. The summed E-state index contributed by atoms with van der Waals surface area (Å²) in [7, 11) is -0.382. The summed E-state index contributed by atoms with van der Waals surface area (Å²) >= 11 is 0. The molecule has 270 valence electrons. The van der Waals surface area contributed by atoms with Gasteiger partial charge in [0.1, 0.15) is 17.1 Å². The number of methoxy groups -OCH3 is 1. The van der Waals surface area contributed by atoms with Crippen LogP contribution in [0.3, 0.4) is 0 Å². The zero-order valence-electron chi connectivity index (χ0n) is 28.5. The van der Waals surface area contributed by atoms with E-state index in [1.165, 1.54) is 12.0 Å². The molecule has 1 amide bonds. The van der Waals surface area contributed by atoms with Crippen molar-refractivity contribution in [2.24, 2.45) is 5.41 Å². The normalized spacial score (nSPS) is 19.3. The van der Waals surface area contributed by atoms with Crippen molar-refractivity contribution in [1.29, 1.82) is 0 Å². The number of carbonyl (C=O) groups is 2. The Morgan fingerprint density at radius 3 is 2.36 bits per heavy atom. The highest BCUT2D eigenvalue weighted by Crippen LogP contribution is 2.52. The Bertz CT molecular complexity index is 1800. The average Bonchev–Trinajstić information content (AvgIpc) is 3.36. The Kier molecular flexibility index (Phi) is 10.8. The first kappa shape index (κ1) is 37.1. The first-order valence-corrected chi connectivity index (χ1v) is 18.0. The zero-order valence-corrected chi connectivity index (χ0v) is 29.4. The smallest absolute Gasteiger partial charge is 0.421 e. The van der Waals surface area contributed by atoms with Crippen LogP contribution in [-0.4, -0.2) is 59.2 Å². The number of nitrogens with zero attached hydrogens (tertiary/aromatic N) is 3. The third-order valence-corrected chi connectivity index (χ3v) is 11.3. The molecule has 0 unspecified atom stereocenters. The molecule has 1 aliphatic carbocycles. The van der Waals surface area contributed by atoms with E-state index in [1.54, 1.807) is 58.2 Å². The van der Waals surface area contributed by atoms with E-state index in [-0.39, 0.29) is 60.7 Å². The van der Waals surface area contributed by atoms with E-state index in [4.69, 9.17) is 13.8 Å². The molecule has 0 radical (unpaired) electrons. The van der Waals surface area contributed by atoms with Crippen LogP contribution in [0.15, 0.2) is 36.5 Å². The number of hydrogen-bond donors (Lipinski definition) is 3. The van der Waals surface area contributed by atoms with Crippen molar-refractivity contribution >= 4 is 42.6 Å². The van der Waals surface area contributed by atoms with Crippen LogP contribution in [0.25, 0.3) is 0 Å². The number of carboxylic acids is 1. The molecule has 2 aromatic carbocycles. The number of fused-ring (bicyclic) bond motifs is 1. The van der Waals surface area contributed by atoms with Gasteiger partial charge in [0.2, 0.25) is 5.95 Å². The quantitative estimate of drug-likeness (QED) is 0.147. The summed E-state index contributed by atoms with van der Waals surface area (Å²) in [4.78, 5) is 34.7. The average molecular weight is 720 g/mol. The van der Waals surface area contributed by atoms with E-state index in [1.807, 2.05) is 0 Å². The van der Waals surface area contributed by atoms with E-state index in [0.29, 0.717) is 48.7 Å². The van der Waals surface area contributed by atoms with Gasteiger partial charge in [-0.1, -0.05) is 12.1 Å². The van der Waals surface area contributed by atoms with Gasteiger partial charge in [-0.25, -0.2) is 4.98 Å². The molecule has 1 aliphatic heterocycles. The summed E-state index contributed by atoms with van der Waals surface area (Å²) < 4.78 is 72.0. The lowest BCUT2D eigenvalue weighted by molar-refractivity contribution is -0.150. The summed E-state index contributed by atoms with van der Waals surface area (Å²) in [5.41, 5.74) is 0.985. The number of carbonyl (C=O) groups excluding carboxylic acids is 1. The molecule has 1 aromatic heterocycles. The van der Waals surface area contributed by atoms with Crippen LogP contribution < -0.4 is 15.4 Å². The van der Waals surface area contributed by atoms with Gasteiger partial charge in [0.05, 0.1) is 48.8 Å². The SMILES string of the molecule is CCOP(=O)(Cc1ccc(Nc2ncc(C(F)(F)F)c(Nc3ccc(C4CCC(C)(C(=O)O)CC4)c4c3C(=O)N(C)C4)n2)c(OC)c1)OCC. The monoisotopic (exact) mass is 719 g/mol. The van der Waals surface area contributed by atoms with Crippen molar-refractivity contribution < 1.29 is 46.2 Å². The lowest BCUT2D eigenvalue weighted by Crippen LogP contribution is -2.32. The number of alkyl halides is 3. The number of carboxylic acid groups (broad SMARTS) is 1. The van der Waals surface area contributed by atoms with Crippen LogP contribution in [-0.2, 0) is 37.3 Å². The first-order chi connectivity index (χ1) is 23.6. The molecular weight excluding hydrogens is 678 g/mol. The Balaban J connectivity index is 1.45. The Labute approximate surface area is 288 Å². The summed E-state index contributed by atoms with van der Waals surface area (Å²) in [6, 6.07) is 8.24. The van der Waals surface area contributed by atoms with Crippen molar-refractivity contribution in [3.05, 3.63) is 64.3 Å². The fourth-order valence-corrected chi connectivity index (χ4v) is 8.21. The lowest BCUT2D eigenvalue weighted by atomic mass is 9.69. The molecule has 3 aromatic rings. The molecule has 16 heteroatoms. The molecule has 2 heterocycles. The fourth-order valence-electron chi connectivity index (χ4n) is 6.52. The molecular formula is C34H41F3N5O7P. The molecule has 1 fully saturated rings. The number of hydrogen-bond acceptors (Lipinski definition) is 10. The summed E-state index contributed by atoms with van der Waals surface area (Å²) in [6.07, 6.45) is -2.00. The van der Waals surface area contributed by atoms with Crippen LogP contribution >= 0.6 is 7.60 Å². The van der Waals surface area contributed by atoms with Gasteiger partial charge in [0.25, 0.3) is 5.91 Å². The molecule has 3 N–H and O–H groups in total. The number of anilines is 4. The second-order valence-electron chi connectivity index (χ2n) is 12.7. The Hall–Kier alpha value is -4.20. The van der Waals surface area contributed by atoms with Crippen LogP contribution in [0.1, 0.15) is 85.0 Å². The molecule has 0 bridgehead atoms. The van der Waals surface area contributed by atoms with Crippen molar-refractivity contribution in [2.45, 2.75) is 71.3 Å². The van der Waals surface area contributed by atoms with Gasteiger partial charge >= 0.3 is 19.7 Å². The number of amides is 1. The highest BCUT2D eigenvalue weighted by Gasteiger charge is 2.41. The van der Waals surface area contributed by atoms with Crippen molar-refractivity contribution in [1.82, 2.24) is 14.9 Å². The van der Waals surface area contributed by atoms with Gasteiger partial charge in [-0.15, -0.1) is 0 Å². The predicted octanol–water partition coefficient (Wildman–Crippen LogP) is 8.09. The van der Waals surface area contributed by atoms with Gasteiger partial charge in [0.15, 0.2) is 0 Å². The number of rotatable bonds is 13. The molecule has 50 heavy (non-hydrogen) atoms. The molecule has 0 atom stereocenters. The van der Waals surface area contributed by atoms with Crippen LogP contribution in [0, 0.1) is 5.41 Å². The predicted molar refractivity (Wildman–Crippen MR) is 180 cm³/mol. The Morgan fingerprint density at radius 1 is 1.10 bits per heavy atom. The molecule has 1 saturated carbocycles. The number of ether oxygens (including phenoxy) is 1. The van der Waals surface area contributed by atoms with E-state index in [2.05, 4.69) is 20.6 Å². The topological polar surface area (TPSA) is 152 Å². The third kappa shape index (κ3) is 7.74. The largest absolute Gasteiger partial charge is 0.495 e. The maximum absolute atomic E-state index is 14.2. The first-order valence-electron chi connectivity index (χ1n) is 16.3. The van der Waals surface area contributed by atoms with Gasteiger partial charge in [-0.2, -0.15) is 18.2 Å². The van der Waals surface area contributed by atoms with Crippen LogP contribution in [0.2, 0.25) is 0 Å². The van der Waals surface area contributed by atoms with E-state index in [0.717, 1.165) is 5.56 Å². The van der Waals surface area contributed by atoms with Crippen molar-refractivity contribution in [3.8, 4) is 5.75 Å². The van der Waals surface area contributed by atoms with Gasteiger partial charge in [0, 0.05) is 19.8 Å². The summed E-state index contributed by atoms with van der Waals surface area (Å²) in [5, 5.41) is 15.3. The summed E-state index contributed by atoms with van der Waals surface area (Å²) in [6.45, 7) is 5.82. The summed E-state index contributed by atoms with van der Waals surface area (Å²) in [5.74, 6) is -1.63. The highest BCUT2D eigenvalue weighted by molar-refractivity contribution is 7.53. The van der Waals surface area contributed by atoms with Crippen molar-refractivity contribution in [2.75, 3.05) is 38.0 Å². The van der Waals surface area contributed by atoms with Crippen LogP contribution in [0.5, 0.6) is 5.75 Å². The van der Waals surface area contributed by atoms with E-state index < -0.39 is 36.5 Å². The minimum absolute atomic E-state index is 0.0109. The molecule has 12 nitrogen and oxygen atoms in total. The Morgan fingerprint density at radius 2 is 1.76 bits per heavy atom. The van der Waals surface area contributed by atoms with Gasteiger partial charge in [-0.3, -0.25) is 14.2 Å². The number of benzene rings is 2. The van der Waals surface area contributed by atoms with Gasteiger partial charge in [-0.05, 0) is 87.3 Å². The highest BCUT2D eigenvalue weighted by atomic mass is 31.2. The molecule has 0 saturated heterocycles. The zero-order chi connectivity index (χ0) is 36.4. The molecule has 0 spiro atoms. The third-order valence-electron chi connectivity index (χ3n) is 9.24. The molecule has 2 aliphatic rings. The van der Waals surface area contributed by atoms with Gasteiger partial charge < -0.3 is 34.4 Å². The standard InChI is InChI=1S/C34H41F3N5O7P/c1-6-48-50(46,49-7-2)19-20-8-10-25(27(16-20)47-5)40-32-38-17-24(34(35,36)37)29(41-32)39-26-11-9-22(23-18-42(4)30(43)28(23)26)21-12-14-33(3,15-13-21)31(44)45/h8-11,16-17,21H,6-7,12-15,18-19H2,1-5H3,(H,44,45)(H2,38,39,40,41). The number of aliphatic carboxylic acids is 1. The number of aromatic nitrogens is 2. The lowest BCUT2D eigenvalue weighted by Gasteiger charge is -2.34. The van der Waals surface area contributed by atoms with E-state index in [9.17, 15) is 32.4 Å². The van der Waals surface area contributed by atoms with E-state index >= 15 is 0 Å². The number of nitrogens with one attached hydrogen (secondary N) is 2. The fraction of sp³-hybridized carbons (Fsp3) is 0.471. The van der Waals surface area contributed by atoms with Crippen molar-refractivity contribution in [3.63, 3.8) is 0 Å². The van der Waals surface area contributed by atoms with Crippen LogP contribution in [0.4, 0.5) is 36.3 Å². The number of halogens is 3. The second-order valence-corrected chi connectivity index (χ2v) is 14.8. The minimum atomic E-state index is -4.82. The second kappa shape index (κ2) is 14.6. The maximum Gasteiger partial charge on any atom is 0.421 e.